The van der Waals surface area contributed by atoms with Crippen molar-refractivity contribution >= 4 is 19.7 Å². The molecule has 1 aliphatic heterocycles. The summed E-state index contributed by atoms with van der Waals surface area (Å²) in [5, 5.41) is 2.40. The summed E-state index contributed by atoms with van der Waals surface area (Å²) in [5.74, 6) is 0. The zero-order valence-electron chi connectivity index (χ0n) is 20.2. The van der Waals surface area contributed by atoms with Crippen LogP contribution in [0.3, 0.4) is 0 Å². The number of benzene rings is 2. The predicted molar refractivity (Wildman–Crippen MR) is 126 cm³/mol. The molecule has 4 rings (SSSR count). The lowest BCUT2D eigenvalue weighted by Gasteiger charge is -2.37. The number of aromatic nitrogens is 2. The van der Waals surface area contributed by atoms with E-state index in [9.17, 15) is 43.2 Å². The van der Waals surface area contributed by atoms with E-state index in [0.717, 1.165) is 22.9 Å². The summed E-state index contributed by atoms with van der Waals surface area (Å²) < 4.78 is 136. The molecule has 2 aromatic carbocycles. The zero-order chi connectivity index (χ0) is 28.9. The minimum absolute atomic E-state index is 0.119. The van der Waals surface area contributed by atoms with Gasteiger partial charge in [0.05, 0.1) is 27.4 Å². The van der Waals surface area contributed by atoms with Gasteiger partial charge in [-0.3, -0.25) is 4.68 Å². The van der Waals surface area contributed by atoms with Crippen LogP contribution in [0.1, 0.15) is 42.7 Å². The van der Waals surface area contributed by atoms with Crippen molar-refractivity contribution in [2.75, 3.05) is 6.61 Å². The molecule has 212 valence electrons. The van der Waals surface area contributed by atoms with Crippen LogP contribution in [-0.2, 0) is 37.1 Å². The lowest BCUT2D eigenvalue weighted by Crippen LogP contribution is -2.42. The number of nitrogens with zero attached hydrogens (tertiary/aromatic N) is 2. The lowest BCUT2D eigenvalue weighted by molar-refractivity contribution is -0.137. The van der Waals surface area contributed by atoms with E-state index in [-0.39, 0.29) is 31.7 Å². The van der Waals surface area contributed by atoms with Crippen molar-refractivity contribution in [3.8, 4) is 0 Å². The van der Waals surface area contributed by atoms with E-state index in [0.29, 0.717) is 17.7 Å². The van der Waals surface area contributed by atoms with Crippen LogP contribution >= 0.6 is 0 Å². The Morgan fingerprint density at radius 2 is 1.64 bits per heavy atom. The minimum atomic E-state index is -5.84. The van der Waals surface area contributed by atoms with Crippen LogP contribution in [-0.4, -0.2) is 43.5 Å². The van der Waals surface area contributed by atoms with Crippen LogP contribution in [0.25, 0.3) is 0 Å². The molecule has 1 saturated heterocycles. The lowest BCUT2D eigenvalue weighted by atomic mass is 9.94. The summed E-state index contributed by atoms with van der Waals surface area (Å²) in [7, 11) is -10.2. The molecule has 0 saturated carbocycles. The number of alkyl halides is 6. The first-order valence-corrected chi connectivity index (χ1v) is 14.4. The molecule has 7 nitrogen and oxygen atoms in total. The molecule has 0 spiro atoms. The molecule has 0 bridgehead atoms. The van der Waals surface area contributed by atoms with E-state index in [1.54, 1.807) is 30.3 Å². The van der Waals surface area contributed by atoms with Crippen LogP contribution in [0.15, 0.2) is 70.6 Å². The number of ether oxygens (including phenoxy) is 1. The fourth-order valence-corrected chi connectivity index (χ4v) is 6.88. The molecule has 2 unspecified atom stereocenters. The van der Waals surface area contributed by atoms with Gasteiger partial charge in [-0.25, -0.2) is 16.8 Å². The van der Waals surface area contributed by atoms with Gasteiger partial charge in [-0.15, -0.1) is 0 Å². The maximum Gasteiger partial charge on any atom is 0.503 e. The molecule has 2 heterocycles. The van der Waals surface area contributed by atoms with Gasteiger partial charge < -0.3 is 4.74 Å². The molecule has 0 amide bonds. The normalized spacial score (nSPS) is 21.2. The SMILES string of the molecule is CC1(S(=O)(=O)c2cccc(C(F)(F)F)c2)CCOC(c2cc(S(=O)(=O)C(F)(F)F)nn2Cc2ccccc2)C1. The Balaban J connectivity index is 1.76. The first-order chi connectivity index (χ1) is 18.0. The van der Waals surface area contributed by atoms with E-state index < -0.39 is 57.7 Å². The first-order valence-electron chi connectivity index (χ1n) is 11.4. The largest absolute Gasteiger partial charge is 0.503 e. The first kappa shape index (κ1) is 29.1. The highest BCUT2D eigenvalue weighted by atomic mass is 32.2. The second kappa shape index (κ2) is 9.93. The molecule has 0 radical (unpaired) electrons. The Labute approximate surface area is 220 Å². The van der Waals surface area contributed by atoms with Crippen molar-refractivity contribution in [1.82, 2.24) is 9.78 Å². The molecule has 1 aromatic heterocycles. The maximum atomic E-state index is 13.5. The third-order valence-corrected chi connectivity index (χ3v) is 10.5. The van der Waals surface area contributed by atoms with E-state index in [4.69, 9.17) is 4.74 Å². The molecule has 3 aromatic rings. The van der Waals surface area contributed by atoms with Crippen LogP contribution in [0, 0.1) is 0 Å². The number of hydrogen-bond donors (Lipinski definition) is 0. The quantitative estimate of drug-likeness (QED) is 0.357. The molecule has 2 atom stereocenters. The molecule has 0 N–H and O–H groups in total. The number of sulfone groups is 2. The summed E-state index contributed by atoms with van der Waals surface area (Å²) in [6, 6.07) is 12.2. The van der Waals surface area contributed by atoms with E-state index in [1.165, 1.54) is 6.92 Å². The summed E-state index contributed by atoms with van der Waals surface area (Å²) in [6.45, 7) is 0.946. The predicted octanol–water partition coefficient (Wildman–Crippen LogP) is 5.33. The highest BCUT2D eigenvalue weighted by molar-refractivity contribution is 7.93. The van der Waals surface area contributed by atoms with Crippen molar-refractivity contribution in [2.45, 2.75) is 58.8 Å². The van der Waals surface area contributed by atoms with Crippen molar-refractivity contribution in [1.29, 1.82) is 0 Å². The average Bonchev–Trinajstić information content (AvgIpc) is 3.28. The van der Waals surface area contributed by atoms with Gasteiger partial charge in [0, 0.05) is 12.7 Å². The van der Waals surface area contributed by atoms with E-state index >= 15 is 0 Å². The Morgan fingerprint density at radius 3 is 2.26 bits per heavy atom. The standard InChI is InChI=1S/C24H22F6N2O5S2/c1-22(38(33,34)18-9-5-8-17(12-18)23(25,26)27)10-11-37-20(14-22)19-13-21(39(35,36)24(28,29)30)31-32(19)15-16-6-3-2-4-7-16/h2-9,12-13,20H,10-11,14-15H2,1H3. The van der Waals surface area contributed by atoms with Gasteiger partial charge >= 0.3 is 11.7 Å². The van der Waals surface area contributed by atoms with Crippen LogP contribution in [0.2, 0.25) is 0 Å². The number of hydrogen-bond acceptors (Lipinski definition) is 6. The average molecular weight is 597 g/mol. The molecule has 1 aliphatic rings. The molecular formula is C24H22F6N2O5S2. The smallest absolute Gasteiger partial charge is 0.372 e. The third-order valence-electron chi connectivity index (χ3n) is 6.56. The minimum Gasteiger partial charge on any atom is -0.372 e. The Kier molecular flexibility index (Phi) is 7.40. The maximum absolute atomic E-state index is 13.5. The van der Waals surface area contributed by atoms with Crippen LogP contribution in [0.4, 0.5) is 26.3 Å². The number of rotatable bonds is 6. The Bertz CT molecular complexity index is 1570. The molecule has 15 heteroatoms. The van der Waals surface area contributed by atoms with Crippen molar-refractivity contribution in [3.63, 3.8) is 0 Å². The van der Waals surface area contributed by atoms with Gasteiger partial charge in [0.25, 0.3) is 9.84 Å². The monoisotopic (exact) mass is 596 g/mol. The second-order valence-corrected chi connectivity index (χ2v) is 13.6. The number of halogens is 6. The summed E-state index contributed by atoms with van der Waals surface area (Å²) in [6.07, 6.45) is -6.51. The Morgan fingerprint density at radius 1 is 0.974 bits per heavy atom. The molecule has 39 heavy (non-hydrogen) atoms. The zero-order valence-corrected chi connectivity index (χ0v) is 21.8. The third kappa shape index (κ3) is 5.57. The van der Waals surface area contributed by atoms with Crippen LogP contribution in [0.5, 0.6) is 0 Å². The Hall–Kier alpha value is -2.91. The summed E-state index contributed by atoms with van der Waals surface area (Å²) in [5.41, 5.74) is -6.34. The van der Waals surface area contributed by atoms with Gasteiger partial charge in [-0.2, -0.15) is 31.4 Å². The van der Waals surface area contributed by atoms with Gasteiger partial charge in [-0.1, -0.05) is 36.4 Å². The van der Waals surface area contributed by atoms with Crippen molar-refractivity contribution in [2.24, 2.45) is 0 Å². The summed E-state index contributed by atoms with van der Waals surface area (Å²) >= 11 is 0. The van der Waals surface area contributed by atoms with Crippen molar-refractivity contribution in [3.05, 3.63) is 77.5 Å². The highest BCUT2D eigenvalue weighted by Gasteiger charge is 2.50. The van der Waals surface area contributed by atoms with Gasteiger partial charge in [0.2, 0.25) is 0 Å². The fourth-order valence-electron chi connectivity index (χ4n) is 4.33. The van der Waals surface area contributed by atoms with Gasteiger partial charge in [-0.05, 0) is 43.5 Å². The molecule has 1 fully saturated rings. The highest BCUT2D eigenvalue weighted by Crippen LogP contribution is 2.43. The van der Waals surface area contributed by atoms with Gasteiger partial charge in [0.1, 0.15) is 6.10 Å². The molecular weight excluding hydrogens is 574 g/mol. The second-order valence-electron chi connectivity index (χ2n) is 9.29. The van der Waals surface area contributed by atoms with E-state index in [2.05, 4.69) is 5.10 Å². The molecule has 0 aliphatic carbocycles. The topological polar surface area (TPSA) is 95.3 Å². The summed E-state index contributed by atoms with van der Waals surface area (Å²) in [4.78, 5) is -0.571. The van der Waals surface area contributed by atoms with E-state index in [1.807, 2.05) is 0 Å². The van der Waals surface area contributed by atoms with Crippen molar-refractivity contribution < 1.29 is 47.9 Å². The fraction of sp³-hybridized carbons (Fsp3) is 0.375. The van der Waals surface area contributed by atoms with Crippen LogP contribution < -0.4 is 0 Å². The van der Waals surface area contributed by atoms with Gasteiger partial charge in [0.15, 0.2) is 14.9 Å².